The van der Waals surface area contributed by atoms with E-state index in [4.69, 9.17) is 5.73 Å². The number of benzene rings is 1. The number of halogens is 2. The van der Waals surface area contributed by atoms with Crippen molar-refractivity contribution in [2.24, 2.45) is 11.7 Å². The molecule has 0 bridgehead atoms. The van der Waals surface area contributed by atoms with Crippen molar-refractivity contribution in [2.75, 3.05) is 31.1 Å². The quantitative estimate of drug-likeness (QED) is 0.795. The van der Waals surface area contributed by atoms with Gasteiger partial charge in [-0.25, -0.2) is 4.98 Å². The van der Waals surface area contributed by atoms with E-state index in [1.165, 1.54) is 18.4 Å². The van der Waals surface area contributed by atoms with Crippen LogP contribution < -0.4 is 10.6 Å². The van der Waals surface area contributed by atoms with Crippen molar-refractivity contribution < 1.29 is 4.79 Å². The average molecular weight is 437 g/mol. The van der Waals surface area contributed by atoms with Crippen LogP contribution >= 0.6 is 24.8 Å². The lowest BCUT2D eigenvalue weighted by Crippen LogP contribution is -2.34. The number of rotatable bonds is 3. The lowest BCUT2D eigenvalue weighted by atomic mass is 9.95. The third kappa shape index (κ3) is 5.21. The van der Waals surface area contributed by atoms with Crippen LogP contribution in [0.3, 0.4) is 0 Å². The van der Waals surface area contributed by atoms with Gasteiger partial charge in [-0.15, -0.1) is 24.8 Å². The van der Waals surface area contributed by atoms with Crippen molar-refractivity contribution in [2.45, 2.75) is 31.7 Å². The molecule has 0 spiro atoms. The van der Waals surface area contributed by atoms with Crippen LogP contribution in [0.25, 0.3) is 0 Å². The lowest BCUT2D eigenvalue weighted by molar-refractivity contribution is 0.0789. The largest absolute Gasteiger partial charge is 0.357 e. The zero-order valence-corrected chi connectivity index (χ0v) is 18.4. The number of nitrogens with zero attached hydrogens (tertiary/aromatic N) is 3. The number of aromatic nitrogens is 1. The molecule has 2 aliphatic heterocycles. The van der Waals surface area contributed by atoms with Crippen molar-refractivity contribution in [1.82, 2.24) is 9.88 Å². The summed E-state index contributed by atoms with van der Waals surface area (Å²) in [6.07, 6.45) is 4.13. The molecule has 2 atom stereocenters. The van der Waals surface area contributed by atoms with E-state index in [1.807, 2.05) is 35.2 Å². The van der Waals surface area contributed by atoms with E-state index in [0.717, 1.165) is 24.8 Å². The highest BCUT2D eigenvalue weighted by Gasteiger charge is 2.34. The molecule has 0 saturated carbocycles. The van der Waals surface area contributed by atoms with Gasteiger partial charge < -0.3 is 15.5 Å². The summed E-state index contributed by atoms with van der Waals surface area (Å²) in [7, 11) is 0. The molecule has 2 aliphatic rings. The molecule has 0 unspecified atom stereocenters. The molecule has 3 heterocycles. The molecule has 5 nitrogen and oxygen atoms in total. The predicted molar refractivity (Wildman–Crippen MR) is 122 cm³/mol. The summed E-state index contributed by atoms with van der Waals surface area (Å²) in [6.45, 7) is 5.64. The number of nitrogens with two attached hydrogens (primary N) is 1. The molecule has 0 radical (unpaired) electrons. The van der Waals surface area contributed by atoms with Gasteiger partial charge in [0.2, 0.25) is 0 Å². The fourth-order valence-corrected chi connectivity index (χ4v) is 4.17. The summed E-state index contributed by atoms with van der Waals surface area (Å²) in [5.41, 5.74) is 8.18. The zero-order chi connectivity index (χ0) is 18.8. The molecule has 2 N–H and O–H groups in total. The predicted octanol–water partition coefficient (Wildman–Crippen LogP) is 3.73. The van der Waals surface area contributed by atoms with E-state index in [2.05, 4.69) is 28.9 Å². The molecule has 0 aliphatic carbocycles. The van der Waals surface area contributed by atoms with Crippen LogP contribution in [0.1, 0.15) is 41.6 Å². The van der Waals surface area contributed by atoms with Gasteiger partial charge in [0.25, 0.3) is 5.91 Å². The zero-order valence-electron chi connectivity index (χ0n) is 16.7. The molecular formula is C22H30Cl2N4O. The monoisotopic (exact) mass is 436 g/mol. The molecule has 158 valence electrons. The topological polar surface area (TPSA) is 62.5 Å². The van der Waals surface area contributed by atoms with Crippen molar-refractivity contribution in [3.8, 4) is 0 Å². The molecule has 1 amide bonds. The molecule has 1 aromatic carbocycles. The highest BCUT2D eigenvalue weighted by Crippen LogP contribution is 2.28. The van der Waals surface area contributed by atoms with Crippen LogP contribution in [-0.2, 0) is 0 Å². The van der Waals surface area contributed by atoms with Gasteiger partial charge in [0.05, 0.1) is 5.56 Å². The fourth-order valence-electron chi connectivity index (χ4n) is 4.17. The summed E-state index contributed by atoms with van der Waals surface area (Å²) < 4.78 is 0. The van der Waals surface area contributed by atoms with E-state index in [1.54, 1.807) is 6.20 Å². The highest BCUT2D eigenvalue weighted by molar-refractivity contribution is 5.94. The minimum absolute atomic E-state index is 0. The number of piperidine rings is 1. The number of hydrogen-bond donors (Lipinski definition) is 1. The average Bonchev–Trinajstić information content (AvgIpc) is 3.10. The Hall–Kier alpha value is -1.82. The van der Waals surface area contributed by atoms with Crippen molar-refractivity contribution in [3.05, 3.63) is 59.8 Å². The second-order valence-electron chi connectivity index (χ2n) is 7.97. The van der Waals surface area contributed by atoms with Crippen molar-refractivity contribution >= 4 is 36.5 Å². The van der Waals surface area contributed by atoms with Gasteiger partial charge in [0, 0.05) is 44.3 Å². The maximum atomic E-state index is 12.9. The van der Waals surface area contributed by atoms with Gasteiger partial charge in [-0.2, -0.15) is 0 Å². The van der Waals surface area contributed by atoms with Crippen LogP contribution in [0.2, 0.25) is 0 Å². The summed E-state index contributed by atoms with van der Waals surface area (Å²) in [5, 5.41) is 0. The first-order valence-corrected chi connectivity index (χ1v) is 9.92. The van der Waals surface area contributed by atoms with Crippen LogP contribution in [-0.4, -0.2) is 48.0 Å². The number of pyridine rings is 1. The van der Waals surface area contributed by atoms with Gasteiger partial charge in [0.1, 0.15) is 5.82 Å². The maximum absolute atomic E-state index is 12.9. The van der Waals surface area contributed by atoms with Crippen LogP contribution in [0.5, 0.6) is 0 Å². The van der Waals surface area contributed by atoms with Gasteiger partial charge in [0.15, 0.2) is 0 Å². The number of anilines is 1. The third-order valence-corrected chi connectivity index (χ3v) is 5.98. The SMILES string of the molecule is CC1CCN(c2ccc(C(=O)N3C[C@@H](N)[C@H](c4ccccc4)C3)cn2)CC1.Cl.Cl. The number of hydrogen-bond acceptors (Lipinski definition) is 4. The Kier molecular flexibility index (Phi) is 8.32. The number of amides is 1. The Morgan fingerprint density at radius 2 is 1.72 bits per heavy atom. The third-order valence-electron chi connectivity index (χ3n) is 5.98. The Morgan fingerprint density at radius 1 is 1.03 bits per heavy atom. The first kappa shape index (κ1) is 23.5. The van der Waals surface area contributed by atoms with E-state index < -0.39 is 0 Å². The molecule has 2 saturated heterocycles. The van der Waals surface area contributed by atoms with Gasteiger partial charge in [-0.1, -0.05) is 37.3 Å². The first-order valence-electron chi connectivity index (χ1n) is 9.92. The maximum Gasteiger partial charge on any atom is 0.255 e. The first-order chi connectivity index (χ1) is 13.1. The molecular weight excluding hydrogens is 407 g/mol. The molecule has 29 heavy (non-hydrogen) atoms. The normalized spacial score (nSPS) is 22.0. The molecule has 2 fully saturated rings. The highest BCUT2D eigenvalue weighted by atomic mass is 35.5. The van der Waals surface area contributed by atoms with E-state index in [9.17, 15) is 4.79 Å². The summed E-state index contributed by atoms with van der Waals surface area (Å²) in [6, 6.07) is 14.1. The Labute approximate surface area is 185 Å². The van der Waals surface area contributed by atoms with Crippen LogP contribution in [0, 0.1) is 5.92 Å². The van der Waals surface area contributed by atoms with Crippen LogP contribution in [0.15, 0.2) is 48.7 Å². The fraction of sp³-hybridized carbons (Fsp3) is 0.455. The number of carbonyl (C=O) groups is 1. The standard InChI is InChI=1S/C22H28N4O.2ClH/c1-16-9-11-25(12-10-16)21-8-7-18(13-24-21)22(27)26-14-19(20(23)15-26)17-5-3-2-4-6-17;;/h2-8,13,16,19-20H,9-12,14-15,23H2,1H3;2*1H/t19-,20+;;/m0../s1. The number of likely N-dealkylation sites (tertiary alicyclic amines) is 1. The van der Waals surface area contributed by atoms with Gasteiger partial charge in [-0.3, -0.25) is 4.79 Å². The van der Waals surface area contributed by atoms with E-state index in [-0.39, 0.29) is 42.7 Å². The van der Waals surface area contributed by atoms with E-state index >= 15 is 0 Å². The van der Waals surface area contributed by atoms with Crippen LogP contribution in [0.4, 0.5) is 5.82 Å². The lowest BCUT2D eigenvalue weighted by Gasteiger charge is -2.31. The van der Waals surface area contributed by atoms with Crippen molar-refractivity contribution in [1.29, 1.82) is 0 Å². The Morgan fingerprint density at radius 3 is 2.34 bits per heavy atom. The summed E-state index contributed by atoms with van der Waals surface area (Å²) in [5.74, 6) is 1.98. The minimum Gasteiger partial charge on any atom is -0.357 e. The smallest absolute Gasteiger partial charge is 0.255 e. The summed E-state index contributed by atoms with van der Waals surface area (Å²) in [4.78, 5) is 21.7. The molecule has 2 aromatic rings. The second kappa shape index (κ2) is 10.3. The summed E-state index contributed by atoms with van der Waals surface area (Å²) >= 11 is 0. The molecule has 1 aromatic heterocycles. The van der Waals surface area contributed by atoms with Crippen molar-refractivity contribution in [3.63, 3.8) is 0 Å². The Bertz CT molecular complexity index is 779. The minimum atomic E-state index is -0.0288. The molecule has 7 heteroatoms. The number of carbonyl (C=O) groups excluding carboxylic acids is 1. The molecule has 4 rings (SSSR count). The Balaban J connectivity index is 0.00000150. The second-order valence-corrected chi connectivity index (χ2v) is 7.97. The van der Waals surface area contributed by atoms with Gasteiger partial charge in [-0.05, 0) is 36.5 Å². The van der Waals surface area contributed by atoms with Gasteiger partial charge >= 0.3 is 0 Å². The van der Waals surface area contributed by atoms with E-state index in [0.29, 0.717) is 18.7 Å².